The summed E-state index contributed by atoms with van der Waals surface area (Å²) in [7, 11) is 1.67. The van der Waals surface area contributed by atoms with Gasteiger partial charge in [0.25, 0.3) is 0 Å². The van der Waals surface area contributed by atoms with E-state index in [1.807, 2.05) is 31.2 Å². The van der Waals surface area contributed by atoms with Crippen molar-refractivity contribution in [1.29, 1.82) is 0 Å². The first kappa shape index (κ1) is 29.4. The van der Waals surface area contributed by atoms with Crippen LogP contribution < -0.4 is 21.1 Å². The lowest BCUT2D eigenvalue weighted by Gasteiger charge is -2.30. The number of carbonyl (C=O) groups excluding carboxylic acids is 1. The van der Waals surface area contributed by atoms with Crippen LogP contribution in [0, 0.1) is 5.92 Å². The average Bonchev–Trinajstić information content (AvgIpc) is 2.82. The van der Waals surface area contributed by atoms with Gasteiger partial charge >= 0.3 is 0 Å². The lowest BCUT2D eigenvalue weighted by Crippen LogP contribution is -2.40. The molecule has 0 aromatic heterocycles. The highest BCUT2D eigenvalue weighted by Gasteiger charge is 2.22. The van der Waals surface area contributed by atoms with Gasteiger partial charge < -0.3 is 30.7 Å². The number of hydrogen-bond donors (Lipinski definition) is 3. The van der Waals surface area contributed by atoms with Gasteiger partial charge in [-0.1, -0.05) is 12.1 Å². The number of likely N-dealkylation sites (tertiary alicyclic amines) is 1. The number of nitrogens with two attached hydrogens (primary N) is 1. The first-order valence-corrected chi connectivity index (χ1v) is 11.9. The number of piperidine rings is 1. The number of ether oxygens (including phenoxy) is 2. The number of benzene rings is 1. The van der Waals surface area contributed by atoms with Crippen LogP contribution >= 0.6 is 24.0 Å². The average molecular weight is 576 g/mol. The number of amides is 1. The van der Waals surface area contributed by atoms with Gasteiger partial charge in [0, 0.05) is 32.2 Å². The Hall–Kier alpha value is -1.59. The number of nitrogens with zero attached hydrogens (tertiary/aromatic N) is 2. The highest BCUT2D eigenvalue weighted by atomic mass is 127. The molecule has 1 amide bonds. The van der Waals surface area contributed by atoms with Gasteiger partial charge in [-0.25, -0.2) is 4.99 Å². The Morgan fingerprint density at radius 2 is 1.79 bits per heavy atom. The molecule has 33 heavy (non-hydrogen) atoms. The standard InChI is InChI=1S/C24H41N5O3.HI/c1-3-32-18-6-14-27-24(28-19-20-7-9-22(31-2)10-8-20)26-13-4-5-15-29-16-11-21(12-17-29)23(25)30;/h7-10,21H,3-6,11-19H2,1-2H3,(H2,25,30)(H2,26,27,28);1H. The van der Waals surface area contributed by atoms with E-state index >= 15 is 0 Å². The highest BCUT2D eigenvalue weighted by Crippen LogP contribution is 2.16. The van der Waals surface area contributed by atoms with Crippen molar-refractivity contribution in [3.8, 4) is 5.75 Å². The molecule has 1 saturated heterocycles. The molecule has 1 aromatic rings. The van der Waals surface area contributed by atoms with Gasteiger partial charge in [0.1, 0.15) is 5.75 Å². The summed E-state index contributed by atoms with van der Waals surface area (Å²) in [6.07, 6.45) is 4.91. The fraction of sp³-hybridized carbons (Fsp3) is 0.667. The maximum absolute atomic E-state index is 11.3. The Morgan fingerprint density at radius 1 is 1.12 bits per heavy atom. The van der Waals surface area contributed by atoms with Crippen LogP contribution in [0.25, 0.3) is 0 Å². The van der Waals surface area contributed by atoms with Crippen LogP contribution in [0.4, 0.5) is 0 Å². The maximum atomic E-state index is 11.3. The molecule has 1 aliphatic rings. The van der Waals surface area contributed by atoms with E-state index in [9.17, 15) is 4.79 Å². The quantitative estimate of drug-likeness (QED) is 0.137. The number of methoxy groups -OCH3 is 1. The molecule has 9 heteroatoms. The second-order valence-electron chi connectivity index (χ2n) is 8.14. The van der Waals surface area contributed by atoms with Crippen LogP contribution in [0.5, 0.6) is 5.75 Å². The van der Waals surface area contributed by atoms with Crippen LogP contribution in [-0.4, -0.2) is 69.8 Å². The van der Waals surface area contributed by atoms with Crippen LogP contribution in [0.2, 0.25) is 0 Å². The number of unbranched alkanes of at least 4 members (excludes halogenated alkanes) is 1. The topological polar surface area (TPSA) is 101 Å². The summed E-state index contributed by atoms with van der Waals surface area (Å²) in [5, 5.41) is 6.86. The van der Waals surface area contributed by atoms with Gasteiger partial charge in [-0.3, -0.25) is 4.79 Å². The van der Waals surface area contributed by atoms with Gasteiger partial charge in [-0.05, 0) is 76.4 Å². The molecule has 1 fully saturated rings. The van der Waals surface area contributed by atoms with Crippen LogP contribution in [0.1, 0.15) is 44.6 Å². The van der Waals surface area contributed by atoms with E-state index in [1.165, 1.54) is 0 Å². The zero-order valence-corrected chi connectivity index (χ0v) is 22.5. The minimum atomic E-state index is -0.149. The minimum Gasteiger partial charge on any atom is -0.497 e. The van der Waals surface area contributed by atoms with Crippen LogP contribution in [-0.2, 0) is 16.1 Å². The van der Waals surface area contributed by atoms with E-state index in [0.29, 0.717) is 6.54 Å². The summed E-state index contributed by atoms with van der Waals surface area (Å²) in [6, 6.07) is 7.99. The molecule has 1 aromatic carbocycles. The molecule has 8 nitrogen and oxygen atoms in total. The fourth-order valence-corrected chi connectivity index (χ4v) is 3.71. The molecule has 2 rings (SSSR count). The lowest BCUT2D eigenvalue weighted by atomic mass is 9.96. The van der Waals surface area contributed by atoms with Crippen molar-refractivity contribution in [3.63, 3.8) is 0 Å². The van der Waals surface area contributed by atoms with Crippen molar-refractivity contribution in [1.82, 2.24) is 15.5 Å². The molecule has 0 unspecified atom stereocenters. The highest BCUT2D eigenvalue weighted by molar-refractivity contribution is 14.0. The van der Waals surface area contributed by atoms with E-state index in [0.717, 1.165) is 95.3 Å². The van der Waals surface area contributed by atoms with E-state index in [4.69, 9.17) is 20.2 Å². The summed E-state index contributed by atoms with van der Waals surface area (Å²) >= 11 is 0. The summed E-state index contributed by atoms with van der Waals surface area (Å²) in [6.45, 7) is 8.82. The number of halogens is 1. The van der Waals surface area contributed by atoms with Crippen LogP contribution in [0.15, 0.2) is 29.3 Å². The molecule has 0 atom stereocenters. The van der Waals surface area contributed by atoms with Crippen molar-refractivity contribution in [2.45, 2.75) is 45.6 Å². The first-order valence-electron chi connectivity index (χ1n) is 11.9. The Kier molecular flexibility index (Phi) is 15.9. The predicted octanol–water partition coefficient (Wildman–Crippen LogP) is 2.75. The molecule has 0 saturated carbocycles. The third-order valence-corrected chi connectivity index (χ3v) is 5.72. The molecule has 1 aliphatic heterocycles. The zero-order chi connectivity index (χ0) is 23.0. The van der Waals surface area contributed by atoms with Crippen molar-refractivity contribution in [3.05, 3.63) is 29.8 Å². The molecule has 188 valence electrons. The normalized spacial score (nSPS) is 15.0. The molecule has 0 bridgehead atoms. The molecule has 0 radical (unpaired) electrons. The maximum Gasteiger partial charge on any atom is 0.220 e. The fourth-order valence-electron chi connectivity index (χ4n) is 3.71. The Balaban J connectivity index is 0.00000544. The van der Waals surface area contributed by atoms with Crippen molar-refractivity contribution >= 4 is 35.8 Å². The van der Waals surface area contributed by atoms with E-state index in [1.54, 1.807) is 7.11 Å². The SMILES string of the molecule is CCOCCCNC(=NCc1ccc(OC)cc1)NCCCCN1CCC(C(N)=O)CC1.I. The number of aliphatic imine (C=N–C) groups is 1. The van der Waals surface area contributed by atoms with Gasteiger partial charge in [0.05, 0.1) is 13.7 Å². The van der Waals surface area contributed by atoms with Crippen molar-refractivity contribution < 1.29 is 14.3 Å². The Bertz CT molecular complexity index is 679. The first-order chi connectivity index (χ1) is 15.6. The number of rotatable bonds is 14. The van der Waals surface area contributed by atoms with Crippen LogP contribution in [0.3, 0.4) is 0 Å². The summed E-state index contributed by atoms with van der Waals surface area (Å²) in [5.74, 6) is 1.60. The number of carbonyl (C=O) groups is 1. The van der Waals surface area contributed by atoms with E-state index < -0.39 is 0 Å². The van der Waals surface area contributed by atoms with Crippen molar-refractivity contribution in [2.24, 2.45) is 16.6 Å². The van der Waals surface area contributed by atoms with E-state index in [-0.39, 0.29) is 35.8 Å². The zero-order valence-electron chi connectivity index (χ0n) is 20.2. The molecule has 0 aliphatic carbocycles. The molecule has 1 heterocycles. The number of primary amides is 1. The summed E-state index contributed by atoms with van der Waals surface area (Å²) < 4.78 is 10.6. The second-order valence-corrected chi connectivity index (χ2v) is 8.14. The minimum absolute atomic E-state index is 0. The monoisotopic (exact) mass is 575 g/mol. The largest absolute Gasteiger partial charge is 0.497 e. The van der Waals surface area contributed by atoms with Gasteiger partial charge in [-0.15, -0.1) is 24.0 Å². The van der Waals surface area contributed by atoms with E-state index in [2.05, 4.69) is 15.5 Å². The molecule has 4 N–H and O–H groups in total. The summed E-state index contributed by atoms with van der Waals surface area (Å²) in [5.41, 5.74) is 6.56. The number of nitrogens with one attached hydrogen (secondary N) is 2. The third-order valence-electron chi connectivity index (χ3n) is 5.72. The Morgan fingerprint density at radius 3 is 2.39 bits per heavy atom. The van der Waals surface area contributed by atoms with Gasteiger partial charge in [0.15, 0.2) is 5.96 Å². The lowest BCUT2D eigenvalue weighted by molar-refractivity contribution is -0.123. The third kappa shape index (κ3) is 12.4. The van der Waals surface area contributed by atoms with Gasteiger partial charge in [0.2, 0.25) is 5.91 Å². The molecular weight excluding hydrogens is 533 g/mol. The number of guanidine groups is 1. The van der Waals surface area contributed by atoms with Gasteiger partial charge in [-0.2, -0.15) is 0 Å². The van der Waals surface area contributed by atoms with Crippen molar-refractivity contribution in [2.75, 3.05) is 53.0 Å². The second kappa shape index (κ2) is 17.8. The molecular formula is C24H42IN5O3. The predicted molar refractivity (Wildman–Crippen MR) is 144 cm³/mol. The number of hydrogen-bond acceptors (Lipinski definition) is 5. The smallest absolute Gasteiger partial charge is 0.220 e. The molecule has 0 spiro atoms. The Labute approximate surface area is 216 Å². The summed E-state index contributed by atoms with van der Waals surface area (Å²) in [4.78, 5) is 18.5.